The van der Waals surface area contributed by atoms with E-state index in [1.54, 1.807) is 12.1 Å². The summed E-state index contributed by atoms with van der Waals surface area (Å²) in [5, 5.41) is 2.77. The third kappa shape index (κ3) is 4.10. The minimum Gasteiger partial charge on any atom is -0.454 e. The molecule has 1 aliphatic heterocycles. The van der Waals surface area contributed by atoms with Gasteiger partial charge in [0, 0.05) is 0 Å². The van der Waals surface area contributed by atoms with Gasteiger partial charge in [-0.15, -0.1) is 0 Å². The van der Waals surface area contributed by atoms with Gasteiger partial charge in [0.2, 0.25) is 0 Å². The van der Waals surface area contributed by atoms with E-state index in [0.29, 0.717) is 0 Å². The van der Waals surface area contributed by atoms with Crippen LogP contribution in [0.3, 0.4) is 0 Å². The van der Waals surface area contributed by atoms with Gasteiger partial charge in [0.25, 0.3) is 17.7 Å². The molecule has 7 heteroatoms. The van der Waals surface area contributed by atoms with Crippen LogP contribution in [0.25, 0.3) is 0 Å². The summed E-state index contributed by atoms with van der Waals surface area (Å²) in [7, 11) is 0. The number of aryl methyl sites for hydroxylation is 2. The van der Waals surface area contributed by atoms with E-state index in [1.165, 1.54) is 19.1 Å². The lowest BCUT2D eigenvalue weighted by Crippen LogP contribution is -2.44. The Bertz CT molecular complexity index is 995. The Kier molecular flexibility index (Phi) is 6.01. The highest BCUT2D eigenvalue weighted by Crippen LogP contribution is 2.24. The van der Waals surface area contributed by atoms with Crippen LogP contribution >= 0.6 is 0 Å². The molecule has 1 heterocycles. The number of ether oxygens (including phenoxy) is 1. The van der Waals surface area contributed by atoms with E-state index in [2.05, 4.69) is 5.32 Å². The molecule has 0 aliphatic carbocycles. The van der Waals surface area contributed by atoms with Gasteiger partial charge in [-0.25, -0.2) is 4.79 Å². The van der Waals surface area contributed by atoms with Crippen LogP contribution in [0, 0.1) is 13.8 Å². The van der Waals surface area contributed by atoms with Gasteiger partial charge in [0.05, 0.1) is 17.2 Å². The predicted molar refractivity (Wildman–Crippen MR) is 110 cm³/mol. The molecule has 0 saturated heterocycles. The van der Waals surface area contributed by atoms with Gasteiger partial charge in [-0.3, -0.25) is 19.3 Å². The van der Waals surface area contributed by atoms with Crippen LogP contribution in [0.1, 0.15) is 57.3 Å². The summed E-state index contributed by atoms with van der Waals surface area (Å²) in [5.41, 5.74) is 3.73. The molecule has 2 aromatic carbocycles. The Morgan fingerprint density at radius 1 is 0.967 bits per heavy atom. The van der Waals surface area contributed by atoms with Crippen molar-refractivity contribution >= 4 is 23.7 Å². The first-order valence-corrected chi connectivity index (χ1v) is 9.70. The van der Waals surface area contributed by atoms with Crippen molar-refractivity contribution in [1.82, 2.24) is 10.2 Å². The quantitative estimate of drug-likeness (QED) is 0.586. The van der Waals surface area contributed by atoms with E-state index >= 15 is 0 Å². The van der Waals surface area contributed by atoms with Gasteiger partial charge in [-0.05, 0) is 56.5 Å². The second-order valence-electron chi connectivity index (χ2n) is 7.44. The number of fused-ring (bicyclic) bond motifs is 1. The van der Waals surface area contributed by atoms with E-state index in [4.69, 9.17) is 4.74 Å². The third-order valence-corrected chi connectivity index (χ3v) is 5.31. The zero-order valence-corrected chi connectivity index (χ0v) is 17.4. The fourth-order valence-corrected chi connectivity index (χ4v) is 3.32. The summed E-state index contributed by atoms with van der Waals surface area (Å²) in [5.74, 6) is -2.39. The summed E-state index contributed by atoms with van der Waals surface area (Å²) in [4.78, 5) is 50.4. The first-order valence-electron chi connectivity index (χ1n) is 9.70. The molecule has 0 unspecified atom stereocenters. The molecule has 30 heavy (non-hydrogen) atoms. The number of esters is 1. The van der Waals surface area contributed by atoms with Gasteiger partial charge < -0.3 is 10.1 Å². The zero-order valence-electron chi connectivity index (χ0n) is 17.4. The smallest absolute Gasteiger partial charge is 0.329 e. The van der Waals surface area contributed by atoms with Gasteiger partial charge in [-0.1, -0.05) is 30.3 Å². The van der Waals surface area contributed by atoms with Crippen LogP contribution in [0.4, 0.5) is 0 Å². The fourth-order valence-electron chi connectivity index (χ4n) is 3.32. The molecule has 7 nitrogen and oxygen atoms in total. The number of hydrogen-bond donors (Lipinski definition) is 1. The molecular weight excluding hydrogens is 384 g/mol. The topological polar surface area (TPSA) is 92.8 Å². The molecule has 156 valence electrons. The second kappa shape index (κ2) is 8.49. The number of nitrogens with zero attached hydrogens (tertiary/aromatic N) is 1. The first kappa shape index (κ1) is 21.2. The second-order valence-corrected chi connectivity index (χ2v) is 7.44. The van der Waals surface area contributed by atoms with Crippen LogP contribution < -0.4 is 5.32 Å². The fraction of sp³-hybridized carbons (Fsp3) is 0.304. The van der Waals surface area contributed by atoms with Crippen molar-refractivity contribution in [2.45, 2.75) is 39.8 Å². The van der Waals surface area contributed by atoms with E-state index in [9.17, 15) is 19.2 Å². The monoisotopic (exact) mass is 408 g/mol. The minimum absolute atomic E-state index is 0.252. The molecule has 0 bridgehead atoms. The molecule has 1 N–H and O–H groups in total. The van der Waals surface area contributed by atoms with Crippen LogP contribution in [0.15, 0.2) is 42.5 Å². The zero-order chi connectivity index (χ0) is 22.0. The van der Waals surface area contributed by atoms with Crippen LogP contribution in [-0.2, 0) is 14.3 Å². The maximum absolute atomic E-state index is 12.5. The summed E-state index contributed by atoms with van der Waals surface area (Å²) in [6, 6.07) is 10.9. The van der Waals surface area contributed by atoms with Crippen molar-refractivity contribution in [3.63, 3.8) is 0 Å². The largest absolute Gasteiger partial charge is 0.454 e. The summed E-state index contributed by atoms with van der Waals surface area (Å²) < 4.78 is 5.06. The Hall–Kier alpha value is -3.48. The van der Waals surface area contributed by atoms with Crippen molar-refractivity contribution in [3.8, 4) is 0 Å². The number of carbonyl (C=O) groups is 4. The van der Waals surface area contributed by atoms with Crippen molar-refractivity contribution in [2.24, 2.45) is 0 Å². The Morgan fingerprint density at radius 2 is 1.57 bits per heavy atom. The lowest BCUT2D eigenvalue weighted by atomic mass is 10.0. The predicted octanol–water partition coefficient (Wildman–Crippen LogP) is 2.71. The molecule has 1 aliphatic rings. The first-order chi connectivity index (χ1) is 14.2. The maximum atomic E-state index is 12.5. The Balaban J connectivity index is 1.56. The molecule has 2 atom stereocenters. The van der Waals surface area contributed by atoms with Crippen molar-refractivity contribution in [3.05, 3.63) is 70.3 Å². The number of rotatable bonds is 6. The van der Waals surface area contributed by atoms with Gasteiger partial charge in [0.15, 0.2) is 6.61 Å². The number of amides is 3. The summed E-state index contributed by atoms with van der Waals surface area (Å²) >= 11 is 0. The lowest BCUT2D eigenvalue weighted by Gasteiger charge is -2.21. The molecule has 3 rings (SSSR count). The highest BCUT2D eigenvalue weighted by molar-refractivity contribution is 6.22. The number of hydrogen-bond acceptors (Lipinski definition) is 5. The Morgan fingerprint density at radius 3 is 2.13 bits per heavy atom. The Labute approximate surface area is 175 Å². The van der Waals surface area contributed by atoms with Gasteiger partial charge in [-0.2, -0.15) is 0 Å². The third-order valence-electron chi connectivity index (χ3n) is 5.31. The summed E-state index contributed by atoms with van der Waals surface area (Å²) in [6.07, 6.45) is 0. The SMILES string of the molecule is Cc1ccc([C@@H](C)NC(=O)COC(=O)[C@H](C)N2C(=O)c3ccccc3C2=O)cc1C. The average molecular weight is 408 g/mol. The van der Waals surface area contributed by atoms with E-state index in [1.807, 2.05) is 39.0 Å². The van der Waals surface area contributed by atoms with Crippen LogP contribution in [0.2, 0.25) is 0 Å². The maximum Gasteiger partial charge on any atom is 0.329 e. The lowest BCUT2D eigenvalue weighted by molar-refractivity contribution is -0.152. The van der Waals surface area contributed by atoms with Gasteiger partial charge >= 0.3 is 5.97 Å². The van der Waals surface area contributed by atoms with Crippen molar-refractivity contribution in [1.29, 1.82) is 0 Å². The van der Waals surface area contributed by atoms with Crippen LogP contribution in [-0.4, -0.2) is 41.2 Å². The van der Waals surface area contributed by atoms with Gasteiger partial charge in [0.1, 0.15) is 6.04 Å². The molecular formula is C23H24N2O5. The molecule has 0 saturated carbocycles. The number of imide groups is 1. The van der Waals surface area contributed by atoms with Crippen molar-refractivity contribution in [2.75, 3.05) is 6.61 Å². The minimum atomic E-state index is -1.14. The van der Waals surface area contributed by atoms with E-state index < -0.39 is 36.3 Å². The van der Waals surface area contributed by atoms with E-state index in [-0.39, 0.29) is 17.2 Å². The van der Waals surface area contributed by atoms with E-state index in [0.717, 1.165) is 21.6 Å². The molecule has 0 spiro atoms. The molecule has 2 aromatic rings. The molecule has 0 aromatic heterocycles. The van der Waals surface area contributed by atoms with Crippen LogP contribution in [0.5, 0.6) is 0 Å². The molecule has 0 radical (unpaired) electrons. The normalized spacial score (nSPS) is 14.9. The molecule has 3 amide bonds. The summed E-state index contributed by atoms with van der Waals surface area (Å²) in [6.45, 7) is 6.75. The number of nitrogens with one attached hydrogen (secondary N) is 1. The average Bonchev–Trinajstić information content (AvgIpc) is 2.98. The molecule has 0 fully saturated rings. The van der Waals surface area contributed by atoms with Crippen molar-refractivity contribution < 1.29 is 23.9 Å². The number of carbonyl (C=O) groups excluding carboxylic acids is 4. The highest BCUT2D eigenvalue weighted by atomic mass is 16.5. The standard InChI is InChI=1S/C23H24N2O5/c1-13-9-10-17(11-14(13)2)15(3)24-20(26)12-30-23(29)16(4)25-21(27)18-7-5-6-8-19(18)22(25)28/h5-11,15-16H,12H2,1-4H3,(H,24,26)/t15-,16+/m1/s1. The number of benzene rings is 2. The highest BCUT2D eigenvalue weighted by Gasteiger charge is 2.41.